The Hall–Kier alpha value is -4.45. The summed E-state index contributed by atoms with van der Waals surface area (Å²) in [7, 11) is 0. The number of allylic oxidation sites excluding steroid dienone is 1. The lowest BCUT2D eigenvalue weighted by molar-refractivity contribution is -0.113. The van der Waals surface area contributed by atoms with E-state index in [0.717, 1.165) is 16.7 Å². The van der Waals surface area contributed by atoms with E-state index < -0.39 is 6.04 Å². The fourth-order valence-corrected chi connectivity index (χ4v) is 7.69. The molecule has 4 aromatic carbocycles. The van der Waals surface area contributed by atoms with Crippen LogP contribution in [0.15, 0.2) is 106 Å². The van der Waals surface area contributed by atoms with Gasteiger partial charge in [0.05, 0.1) is 28.9 Å². The molecule has 1 aromatic heterocycles. The maximum Gasteiger partial charge on any atom is 0.255 e. The van der Waals surface area contributed by atoms with E-state index in [1.165, 1.54) is 17.3 Å². The van der Waals surface area contributed by atoms with Gasteiger partial charge in [0.1, 0.15) is 18.4 Å². The second-order valence-corrected chi connectivity index (χ2v) is 15.7. The SMILES string of the molecule is CCOc1ccccc1NC(=O)C1=C(C)Nc2nc(SCc3ccccc3Cl)nn2C1c1cc(Br)c(OCc2ccc(C(C)(C)C)cc2)c(OCC)c1. The highest BCUT2D eigenvalue weighted by atomic mass is 79.9. The second kappa shape index (κ2) is 16.7. The summed E-state index contributed by atoms with van der Waals surface area (Å²) in [5.41, 5.74) is 5.73. The Kier molecular flexibility index (Phi) is 12.1. The first kappa shape index (κ1) is 38.3. The van der Waals surface area contributed by atoms with Crippen molar-refractivity contribution in [1.29, 1.82) is 0 Å². The normalized spacial score (nSPS) is 14.0. The molecule has 1 aliphatic rings. The Labute approximate surface area is 328 Å². The van der Waals surface area contributed by atoms with Crippen LogP contribution in [0.5, 0.6) is 17.2 Å². The number of carbonyl (C=O) groups excluding carboxylic acids is 1. The highest BCUT2D eigenvalue weighted by Crippen LogP contribution is 2.44. The quantitative estimate of drug-likeness (QED) is 0.113. The number of fused-ring (bicyclic) bond motifs is 1. The molecule has 1 aliphatic heterocycles. The molecular formula is C41H43BrClN5O4S. The summed E-state index contributed by atoms with van der Waals surface area (Å²) < 4.78 is 20.8. The predicted octanol–water partition coefficient (Wildman–Crippen LogP) is 10.6. The largest absolute Gasteiger partial charge is 0.492 e. The number of para-hydroxylation sites is 2. The van der Waals surface area contributed by atoms with E-state index in [2.05, 4.69) is 71.6 Å². The standard InChI is InChI=1S/C41H43BrClN5O4S/c1-7-50-33-16-12-11-15-32(33)45-38(49)35-25(3)44-39-46-40(53-24-27-13-9-10-14-31(27)43)47-48(39)36(35)28-21-30(42)37(34(22-28)51-8-2)52-23-26-17-19-29(20-18-26)41(4,5)6/h9-22,36H,7-8,23-24H2,1-6H3,(H,45,49)(H,44,46,47). The number of anilines is 2. The number of rotatable bonds is 13. The molecule has 9 nitrogen and oxygen atoms in total. The van der Waals surface area contributed by atoms with Crippen molar-refractivity contribution in [3.63, 3.8) is 0 Å². The van der Waals surface area contributed by atoms with E-state index in [4.69, 9.17) is 35.9 Å². The van der Waals surface area contributed by atoms with Crippen LogP contribution in [0.25, 0.3) is 0 Å². The molecule has 1 unspecified atom stereocenters. The van der Waals surface area contributed by atoms with Gasteiger partial charge in [0.15, 0.2) is 11.5 Å². The van der Waals surface area contributed by atoms with Crippen molar-refractivity contribution in [1.82, 2.24) is 14.8 Å². The number of hydrogen-bond donors (Lipinski definition) is 2. The fourth-order valence-electron chi connectivity index (χ4n) is 6.00. The number of thioether (sulfide) groups is 1. The number of ether oxygens (including phenoxy) is 3. The average molecular weight is 817 g/mol. The fraction of sp³-hybridized carbons (Fsp3) is 0.293. The maximum atomic E-state index is 14.4. The summed E-state index contributed by atoms with van der Waals surface area (Å²) in [4.78, 5) is 19.2. The van der Waals surface area contributed by atoms with E-state index in [-0.39, 0.29) is 11.3 Å². The van der Waals surface area contributed by atoms with Crippen LogP contribution in [0.4, 0.5) is 11.6 Å². The lowest BCUT2D eigenvalue weighted by atomic mass is 9.87. The molecular weight excluding hydrogens is 774 g/mol. The molecule has 0 spiro atoms. The summed E-state index contributed by atoms with van der Waals surface area (Å²) in [5, 5.41) is 12.6. The van der Waals surface area contributed by atoms with Gasteiger partial charge in [-0.05, 0) is 94.7 Å². The summed E-state index contributed by atoms with van der Waals surface area (Å²) in [6.45, 7) is 13.5. The molecule has 53 heavy (non-hydrogen) atoms. The van der Waals surface area contributed by atoms with Gasteiger partial charge in [-0.25, -0.2) is 4.68 Å². The Bertz CT molecular complexity index is 2130. The van der Waals surface area contributed by atoms with E-state index >= 15 is 0 Å². The Morgan fingerprint density at radius 3 is 2.38 bits per heavy atom. The minimum Gasteiger partial charge on any atom is -0.492 e. The lowest BCUT2D eigenvalue weighted by Gasteiger charge is -2.29. The summed E-state index contributed by atoms with van der Waals surface area (Å²) in [6.07, 6.45) is 0. The molecule has 2 N–H and O–H groups in total. The van der Waals surface area contributed by atoms with Gasteiger partial charge in [0, 0.05) is 16.5 Å². The minimum absolute atomic E-state index is 0.0588. The third-order valence-electron chi connectivity index (χ3n) is 8.68. The third-order valence-corrected chi connectivity index (χ3v) is 10.5. The number of nitrogens with one attached hydrogen (secondary N) is 2. The number of halogens is 2. The van der Waals surface area contributed by atoms with Gasteiger partial charge in [-0.2, -0.15) is 4.98 Å². The zero-order chi connectivity index (χ0) is 37.7. The lowest BCUT2D eigenvalue weighted by Crippen LogP contribution is -2.31. The van der Waals surface area contributed by atoms with Gasteiger partial charge < -0.3 is 24.8 Å². The van der Waals surface area contributed by atoms with Crippen molar-refractivity contribution in [3.8, 4) is 17.2 Å². The monoisotopic (exact) mass is 815 g/mol. The van der Waals surface area contributed by atoms with Crippen molar-refractivity contribution >= 4 is 56.8 Å². The van der Waals surface area contributed by atoms with Gasteiger partial charge in [-0.3, -0.25) is 4.79 Å². The van der Waals surface area contributed by atoms with Crippen LogP contribution in [0.3, 0.4) is 0 Å². The first-order valence-corrected chi connectivity index (χ1v) is 19.6. The second-order valence-electron chi connectivity index (χ2n) is 13.5. The summed E-state index contributed by atoms with van der Waals surface area (Å²) >= 11 is 11.7. The molecule has 2 heterocycles. The van der Waals surface area contributed by atoms with Gasteiger partial charge in [-0.1, -0.05) is 98.7 Å². The van der Waals surface area contributed by atoms with Gasteiger partial charge in [-0.15, -0.1) is 5.10 Å². The molecule has 0 aliphatic carbocycles. The minimum atomic E-state index is -0.679. The summed E-state index contributed by atoms with van der Waals surface area (Å²) in [6, 6.07) is 26.7. The number of amides is 1. The zero-order valence-corrected chi connectivity index (χ0v) is 33.8. The molecule has 0 saturated heterocycles. The van der Waals surface area contributed by atoms with Crippen LogP contribution in [0.2, 0.25) is 5.02 Å². The van der Waals surface area contributed by atoms with E-state index in [1.807, 2.05) is 81.4 Å². The highest BCUT2D eigenvalue weighted by Gasteiger charge is 2.36. The molecule has 5 aromatic rings. The van der Waals surface area contributed by atoms with Gasteiger partial charge in [0.2, 0.25) is 11.1 Å². The van der Waals surface area contributed by atoms with Crippen LogP contribution in [0, 0.1) is 0 Å². The van der Waals surface area contributed by atoms with Gasteiger partial charge >= 0.3 is 0 Å². The zero-order valence-electron chi connectivity index (χ0n) is 30.6. The molecule has 12 heteroatoms. The van der Waals surface area contributed by atoms with Crippen molar-refractivity contribution in [2.45, 2.75) is 70.5 Å². The van der Waals surface area contributed by atoms with Gasteiger partial charge in [0.25, 0.3) is 5.91 Å². The van der Waals surface area contributed by atoms with Crippen LogP contribution in [-0.4, -0.2) is 33.9 Å². The van der Waals surface area contributed by atoms with Crippen LogP contribution < -0.4 is 24.8 Å². The Morgan fingerprint density at radius 2 is 1.66 bits per heavy atom. The maximum absolute atomic E-state index is 14.4. The number of nitrogens with zero attached hydrogens (tertiary/aromatic N) is 3. The van der Waals surface area contributed by atoms with Crippen molar-refractivity contribution in [3.05, 3.63) is 128 Å². The molecule has 0 fully saturated rings. The molecule has 0 radical (unpaired) electrons. The molecule has 6 rings (SSSR count). The number of benzene rings is 4. The van der Waals surface area contributed by atoms with E-state index in [9.17, 15) is 4.79 Å². The van der Waals surface area contributed by atoms with Crippen LogP contribution in [-0.2, 0) is 22.6 Å². The molecule has 1 atom stereocenters. The van der Waals surface area contributed by atoms with Crippen LogP contribution >= 0.6 is 39.3 Å². The average Bonchev–Trinajstić information content (AvgIpc) is 3.53. The van der Waals surface area contributed by atoms with Crippen LogP contribution in [0.1, 0.15) is 69.8 Å². The molecule has 1 amide bonds. The summed E-state index contributed by atoms with van der Waals surface area (Å²) in [5.74, 6) is 2.46. The first-order valence-electron chi connectivity index (χ1n) is 17.5. The van der Waals surface area contributed by atoms with Crippen molar-refractivity contribution in [2.75, 3.05) is 23.8 Å². The predicted molar refractivity (Wildman–Crippen MR) is 217 cm³/mol. The van der Waals surface area contributed by atoms with E-state index in [1.54, 1.807) is 4.68 Å². The third kappa shape index (κ3) is 8.86. The molecule has 0 saturated carbocycles. The van der Waals surface area contributed by atoms with Crippen molar-refractivity contribution < 1.29 is 19.0 Å². The Balaban J connectivity index is 1.37. The number of carbonyl (C=O) groups is 1. The number of hydrogen-bond acceptors (Lipinski definition) is 8. The topological polar surface area (TPSA) is 99.5 Å². The number of aromatic nitrogens is 3. The molecule has 276 valence electrons. The Morgan fingerprint density at radius 1 is 0.962 bits per heavy atom. The van der Waals surface area contributed by atoms with E-state index in [0.29, 0.717) is 80.4 Å². The molecule has 0 bridgehead atoms. The smallest absolute Gasteiger partial charge is 0.255 e. The van der Waals surface area contributed by atoms with Crippen molar-refractivity contribution in [2.24, 2.45) is 0 Å². The highest BCUT2D eigenvalue weighted by molar-refractivity contribution is 9.10. The first-order chi connectivity index (χ1) is 25.5.